The van der Waals surface area contributed by atoms with E-state index in [-0.39, 0.29) is 5.91 Å². The highest BCUT2D eigenvalue weighted by Crippen LogP contribution is 2.23. The highest BCUT2D eigenvalue weighted by atomic mass is 35.5. The number of H-pyrrole nitrogens is 1. The summed E-state index contributed by atoms with van der Waals surface area (Å²) in [6, 6.07) is 14.9. The molecule has 1 heterocycles. The Bertz CT molecular complexity index is 792. The molecule has 2 N–H and O–H groups in total. The molecule has 0 radical (unpaired) electrons. The minimum atomic E-state index is -0.206. The summed E-state index contributed by atoms with van der Waals surface area (Å²) in [6.45, 7) is 2.00. The number of halogens is 1. The summed E-state index contributed by atoms with van der Waals surface area (Å²) < 4.78 is 0. The summed E-state index contributed by atoms with van der Waals surface area (Å²) in [4.78, 5) is 12.4. The zero-order chi connectivity index (χ0) is 15.5. The van der Waals surface area contributed by atoms with Crippen LogP contribution in [0.25, 0.3) is 11.3 Å². The Morgan fingerprint density at radius 1 is 1.09 bits per heavy atom. The van der Waals surface area contributed by atoms with Gasteiger partial charge >= 0.3 is 0 Å². The molecule has 0 bridgehead atoms. The molecule has 0 aliphatic heterocycles. The van der Waals surface area contributed by atoms with Crippen molar-refractivity contribution in [3.63, 3.8) is 0 Å². The van der Waals surface area contributed by atoms with Gasteiger partial charge in [-0.25, -0.2) is 0 Å². The van der Waals surface area contributed by atoms with Gasteiger partial charge in [0.15, 0.2) is 0 Å². The molecular weight excluding hydrogens is 298 g/mol. The smallest absolute Gasteiger partial charge is 0.259 e. The standard InChI is InChI=1S/C17H14ClN3O/c1-11-2-8-14(9-3-11)20-17(22)15-10-19-21-16(15)12-4-6-13(18)7-5-12/h2-10H,1H3,(H,19,21)(H,20,22). The van der Waals surface area contributed by atoms with E-state index in [2.05, 4.69) is 15.5 Å². The highest BCUT2D eigenvalue weighted by molar-refractivity contribution is 6.30. The minimum Gasteiger partial charge on any atom is -0.322 e. The topological polar surface area (TPSA) is 57.8 Å². The van der Waals surface area contributed by atoms with Crippen LogP contribution in [-0.2, 0) is 0 Å². The Kier molecular flexibility index (Phi) is 3.94. The highest BCUT2D eigenvalue weighted by Gasteiger charge is 2.15. The molecule has 4 nitrogen and oxygen atoms in total. The van der Waals surface area contributed by atoms with Gasteiger partial charge in [0.05, 0.1) is 17.5 Å². The minimum absolute atomic E-state index is 0.206. The fourth-order valence-corrected chi connectivity index (χ4v) is 2.26. The Balaban J connectivity index is 1.86. The number of carbonyl (C=O) groups excluding carboxylic acids is 1. The van der Waals surface area contributed by atoms with Crippen molar-refractivity contribution in [1.29, 1.82) is 0 Å². The normalized spacial score (nSPS) is 10.5. The lowest BCUT2D eigenvalue weighted by molar-refractivity contribution is 0.102. The molecule has 0 fully saturated rings. The molecule has 3 rings (SSSR count). The zero-order valence-corrected chi connectivity index (χ0v) is 12.7. The second kappa shape index (κ2) is 6.03. The van der Waals surface area contributed by atoms with Crippen LogP contribution in [0.1, 0.15) is 15.9 Å². The van der Waals surface area contributed by atoms with Crippen LogP contribution in [0.2, 0.25) is 5.02 Å². The Labute approximate surface area is 133 Å². The third-order valence-electron chi connectivity index (χ3n) is 3.33. The molecule has 22 heavy (non-hydrogen) atoms. The number of rotatable bonds is 3. The maximum atomic E-state index is 12.4. The maximum absolute atomic E-state index is 12.4. The SMILES string of the molecule is Cc1ccc(NC(=O)c2cn[nH]c2-c2ccc(Cl)cc2)cc1. The van der Waals surface area contributed by atoms with Crippen molar-refractivity contribution in [3.05, 3.63) is 70.9 Å². The molecule has 1 aromatic heterocycles. The summed E-state index contributed by atoms with van der Waals surface area (Å²) in [5, 5.41) is 10.4. The van der Waals surface area contributed by atoms with E-state index in [0.29, 0.717) is 16.3 Å². The fraction of sp³-hybridized carbons (Fsp3) is 0.0588. The Morgan fingerprint density at radius 3 is 2.45 bits per heavy atom. The first kappa shape index (κ1) is 14.4. The number of carbonyl (C=O) groups is 1. The lowest BCUT2D eigenvalue weighted by Gasteiger charge is -2.06. The van der Waals surface area contributed by atoms with Crippen LogP contribution in [0, 0.1) is 6.92 Å². The lowest BCUT2D eigenvalue weighted by Crippen LogP contribution is -2.12. The number of nitrogens with zero attached hydrogens (tertiary/aromatic N) is 1. The van der Waals surface area contributed by atoms with E-state index < -0.39 is 0 Å². The number of hydrogen-bond donors (Lipinski definition) is 2. The van der Waals surface area contributed by atoms with Gasteiger partial charge in [-0.1, -0.05) is 41.4 Å². The molecule has 2 aromatic carbocycles. The number of benzene rings is 2. The van der Waals surface area contributed by atoms with E-state index >= 15 is 0 Å². The van der Waals surface area contributed by atoms with Gasteiger partial charge in [-0.2, -0.15) is 5.10 Å². The first-order valence-corrected chi connectivity index (χ1v) is 7.18. The van der Waals surface area contributed by atoms with Gasteiger partial charge < -0.3 is 5.32 Å². The second-order valence-electron chi connectivity index (χ2n) is 4.99. The number of aryl methyl sites for hydroxylation is 1. The van der Waals surface area contributed by atoms with E-state index in [1.54, 1.807) is 12.1 Å². The quantitative estimate of drug-likeness (QED) is 0.758. The van der Waals surface area contributed by atoms with Crippen LogP contribution >= 0.6 is 11.6 Å². The molecule has 0 aliphatic rings. The summed E-state index contributed by atoms with van der Waals surface area (Å²) in [6.07, 6.45) is 1.52. The first-order valence-electron chi connectivity index (χ1n) is 6.81. The molecule has 3 aromatic rings. The molecule has 0 saturated heterocycles. The van der Waals surface area contributed by atoms with Crippen molar-refractivity contribution < 1.29 is 4.79 Å². The summed E-state index contributed by atoms with van der Waals surface area (Å²) in [5.41, 5.74) is 3.90. The lowest BCUT2D eigenvalue weighted by atomic mass is 10.1. The maximum Gasteiger partial charge on any atom is 0.259 e. The van der Waals surface area contributed by atoms with Gasteiger partial charge in [-0.3, -0.25) is 9.89 Å². The summed E-state index contributed by atoms with van der Waals surface area (Å²) in [5.74, 6) is -0.206. The number of aromatic nitrogens is 2. The third kappa shape index (κ3) is 3.02. The van der Waals surface area contributed by atoms with E-state index in [9.17, 15) is 4.79 Å². The number of amides is 1. The fourth-order valence-electron chi connectivity index (χ4n) is 2.13. The molecule has 0 saturated carbocycles. The van der Waals surface area contributed by atoms with Gasteiger partial charge in [0.1, 0.15) is 0 Å². The van der Waals surface area contributed by atoms with Crippen LogP contribution < -0.4 is 5.32 Å². The molecule has 5 heteroatoms. The Morgan fingerprint density at radius 2 is 1.77 bits per heavy atom. The van der Waals surface area contributed by atoms with Gasteiger partial charge in [-0.15, -0.1) is 0 Å². The number of hydrogen-bond acceptors (Lipinski definition) is 2. The molecule has 1 amide bonds. The molecule has 0 aliphatic carbocycles. The van der Waals surface area contributed by atoms with E-state index in [0.717, 1.165) is 16.8 Å². The largest absolute Gasteiger partial charge is 0.322 e. The monoisotopic (exact) mass is 311 g/mol. The van der Waals surface area contributed by atoms with Crippen LogP contribution in [0.5, 0.6) is 0 Å². The second-order valence-corrected chi connectivity index (χ2v) is 5.42. The van der Waals surface area contributed by atoms with Gasteiger partial charge in [-0.05, 0) is 31.2 Å². The molecule has 0 unspecified atom stereocenters. The molecule has 0 atom stereocenters. The van der Waals surface area contributed by atoms with E-state index in [1.807, 2.05) is 43.3 Å². The number of nitrogens with one attached hydrogen (secondary N) is 2. The molecule has 110 valence electrons. The number of anilines is 1. The van der Waals surface area contributed by atoms with Crippen molar-refractivity contribution in [2.75, 3.05) is 5.32 Å². The predicted molar refractivity (Wildman–Crippen MR) is 88.2 cm³/mol. The van der Waals surface area contributed by atoms with Crippen LogP contribution in [0.4, 0.5) is 5.69 Å². The van der Waals surface area contributed by atoms with Crippen molar-refractivity contribution >= 4 is 23.2 Å². The van der Waals surface area contributed by atoms with Crippen LogP contribution in [-0.4, -0.2) is 16.1 Å². The van der Waals surface area contributed by atoms with Crippen molar-refractivity contribution in [2.24, 2.45) is 0 Å². The average Bonchev–Trinajstić information content (AvgIpc) is 3.00. The van der Waals surface area contributed by atoms with Crippen LogP contribution in [0.15, 0.2) is 54.7 Å². The van der Waals surface area contributed by atoms with Crippen molar-refractivity contribution in [3.8, 4) is 11.3 Å². The van der Waals surface area contributed by atoms with Crippen LogP contribution in [0.3, 0.4) is 0 Å². The zero-order valence-electron chi connectivity index (χ0n) is 11.9. The third-order valence-corrected chi connectivity index (χ3v) is 3.58. The predicted octanol–water partition coefficient (Wildman–Crippen LogP) is 4.29. The molecular formula is C17H14ClN3O. The number of aromatic amines is 1. The summed E-state index contributed by atoms with van der Waals surface area (Å²) >= 11 is 5.89. The van der Waals surface area contributed by atoms with E-state index in [1.165, 1.54) is 6.20 Å². The van der Waals surface area contributed by atoms with Crippen molar-refractivity contribution in [2.45, 2.75) is 6.92 Å². The summed E-state index contributed by atoms with van der Waals surface area (Å²) in [7, 11) is 0. The van der Waals surface area contributed by atoms with Gasteiger partial charge in [0.25, 0.3) is 5.91 Å². The van der Waals surface area contributed by atoms with E-state index in [4.69, 9.17) is 11.6 Å². The van der Waals surface area contributed by atoms with Crippen molar-refractivity contribution in [1.82, 2.24) is 10.2 Å². The van der Waals surface area contributed by atoms with Gasteiger partial charge in [0, 0.05) is 16.3 Å². The molecule has 0 spiro atoms. The Hall–Kier alpha value is -2.59. The average molecular weight is 312 g/mol. The van der Waals surface area contributed by atoms with Gasteiger partial charge in [0.2, 0.25) is 0 Å². The first-order chi connectivity index (χ1) is 10.6.